The normalized spacial score (nSPS) is 20.0. The maximum Gasteiger partial charge on any atom is 0.221 e. The summed E-state index contributed by atoms with van der Waals surface area (Å²) in [5.74, 6) is 1.82. The van der Waals surface area contributed by atoms with Crippen LogP contribution in [0.1, 0.15) is 56.7 Å². The first-order valence-electron chi connectivity index (χ1n) is 10.3. The maximum atomic E-state index is 12.0. The summed E-state index contributed by atoms with van der Waals surface area (Å²) in [6.07, 6.45) is 9.36. The number of hydrogen-bond acceptors (Lipinski definition) is 4. The fraction of sp³-hybridized carbons (Fsp3) is 0.700. The van der Waals surface area contributed by atoms with Gasteiger partial charge < -0.3 is 20.4 Å². The highest BCUT2D eigenvalue weighted by atomic mass is 16.3. The van der Waals surface area contributed by atoms with Crippen LogP contribution in [0.3, 0.4) is 0 Å². The molecule has 1 saturated heterocycles. The molecule has 1 aromatic rings. The summed E-state index contributed by atoms with van der Waals surface area (Å²) in [4.78, 5) is 18.8. The lowest BCUT2D eigenvalue weighted by atomic mass is 10.2. The molecular weight excluding hydrogens is 342 g/mol. The number of rotatable bonds is 8. The Hall–Kier alpha value is -2.02. The Bertz CT molecular complexity index is 590. The van der Waals surface area contributed by atoms with Gasteiger partial charge in [0.2, 0.25) is 5.91 Å². The molecule has 2 fully saturated rings. The van der Waals surface area contributed by atoms with Gasteiger partial charge in [0.1, 0.15) is 5.76 Å². The molecule has 3 N–H and O–H groups in total. The maximum absolute atomic E-state index is 12.0. The van der Waals surface area contributed by atoms with E-state index in [0.29, 0.717) is 19.0 Å². The number of likely N-dealkylation sites (tertiary alicyclic amines) is 1. The second-order valence-corrected chi connectivity index (χ2v) is 7.45. The zero-order valence-electron chi connectivity index (χ0n) is 16.4. The minimum atomic E-state index is 0.121. The third-order valence-corrected chi connectivity index (χ3v) is 5.50. The van der Waals surface area contributed by atoms with Gasteiger partial charge in [0.25, 0.3) is 0 Å². The molecule has 0 bridgehead atoms. The number of hydrogen-bond donors (Lipinski definition) is 3. The van der Waals surface area contributed by atoms with E-state index in [2.05, 4.69) is 25.8 Å². The van der Waals surface area contributed by atoms with Crippen LogP contribution in [0, 0.1) is 0 Å². The minimum absolute atomic E-state index is 0.121. The van der Waals surface area contributed by atoms with Crippen LogP contribution in [0.25, 0.3) is 0 Å². The van der Waals surface area contributed by atoms with Gasteiger partial charge in [-0.2, -0.15) is 0 Å². The lowest BCUT2D eigenvalue weighted by Crippen LogP contribution is -2.43. The molecule has 2 aliphatic rings. The third-order valence-electron chi connectivity index (χ3n) is 5.50. The van der Waals surface area contributed by atoms with E-state index in [9.17, 15) is 4.79 Å². The molecule has 1 aliphatic heterocycles. The van der Waals surface area contributed by atoms with Crippen molar-refractivity contribution in [3.8, 4) is 0 Å². The Kier molecular flexibility index (Phi) is 7.56. The van der Waals surface area contributed by atoms with Crippen molar-refractivity contribution in [1.82, 2.24) is 20.9 Å². The molecule has 2 heterocycles. The van der Waals surface area contributed by atoms with Crippen molar-refractivity contribution >= 4 is 11.9 Å². The van der Waals surface area contributed by atoms with Crippen molar-refractivity contribution in [3.63, 3.8) is 0 Å². The molecule has 1 saturated carbocycles. The molecule has 7 heteroatoms. The molecule has 7 nitrogen and oxygen atoms in total. The molecule has 27 heavy (non-hydrogen) atoms. The van der Waals surface area contributed by atoms with Crippen molar-refractivity contribution in [2.24, 2.45) is 4.99 Å². The standard InChI is InChI=1S/C20H33N5O2/c1-21-20(22-11-10-19(26)24-16-7-2-3-8-16)23-15-17(18-9-6-14-27-18)25-12-4-5-13-25/h6,9,14,16-17H,2-5,7-8,10-13,15H2,1H3,(H,24,26)(H2,21,22,23). The molecular formula is C20H33N5O2. The van der Waals surface area contributed by atoms with Crippen molar-refractivity contribution in [2.75, 3.05) is 33.2 Å². The summed E-state index contributed by atoms with van der Waals surface area (Å²) in [5, 5.41) is 9.75. The fourth-order valence-corrected chi connectivity index (χ4v) is 4.02. The number of guanidine groups is 1. The van der Waals surface area contributed by atoms with Crippen LogP contribution >= 0.6 is 0 Å². The van der Waals surface area contributed by atoms with Gasteiger partial charge in [-0.15, -0.1) is 0 Å². The summed E-state index contributed by atoms with van der Waals surface area (Å²) < 4.78 is 5.65. The fourth-order valence-electron chi connectivity index (χ4n) is 4.02. The first kappa shape index (κ1) is 19.7. The van der Waals surface area contributed by atoms with Crippen LogP contribution in [0.15, 0.2) is 27.8 Å². The van der Waals surface area contributed by atoms with E-state index >= 15 is 0 Å². The van der Waals surface area contributed by atoms with Gasteiger partial charge in [0.15, 0.2) is 5.96 Å². The van der Waals surface area contributed by atoms with Crippen molar-refractivity contribution in [1.29, 1.82) is 0 Å². The monoisotopic (exact) mass is 375 g/mol. The van der Waals surface area contributed by atoms with Gasteiger partial charge in [-0.25, -0.2) is 0 Å². The van der Waals surface area contributed by atoms with Crippen molar-refractivity contribution < 1.29 is 9.21 Å². The summed E-state index contributed by atoms with van der Waals surface area (Å²) in [6.45, 7) is 3.50. The lowest BCUT2D eigenvalue weighted by Gasteiger charge is -2.26. The predicted molar refractivity (Wildman–Crippen MR) is 107 cm³/mol. The molecule has 1 aliphatic carbocycles. The number of carbonyl (C=O) groups is 1. The Labute approximate surface area is 162 Å². The zero-order chi connectivity index (χ0) is 18.9. The highest BCUT2D eigenvalue weighted by molar-refractivity contribution is 5.81. The second-order valence-electron chi connectivity index (χ2n) is 7.45. The lowest BCUT2D eigenvalue weighted by molar-refractivity contribution is -0.121. The molecule has 0 radical (unpaired) electrons. The largest absolute Gasteiger partial charge is 0.468 e. The average Bonchev–Trinajstić information content (AvgIpc) is 3.43. The van der Waals surface area contributed by atoms with E-state index in [-0.39, 0.29) is 11.9 Å². The zero-order valence-corrected chi connectivity index (χ0v) is 16.4. The number of amides is 1. The number of furan rings is 1. The Morgan fingerprint density at radius 2 is 2.04 bits per heavy atom. The first-order valence-corrected chi connectivity index (χ1v) is 10.3. The molecule has 0 aromatic carbocycles. The van der Waals surface area contributed by atoms with Gasteiger partial charge >= 0.3 is 0 Å². The van der Waals surface area contributed by atoms with Gasteiger partial charge in [-0.3, -0.25) is 14.7 Å². The van der Waals surface area contributed by atoms with Crippen LogP contribution in [-0.4, -0.2) is 56.0 Å². The van der Waals surface area contributed by atoms with E-state index in [4.69, 9.17) is 4.42 Å². The van der Waals surface area contributed by atoms with Crippen molar-refractivity contribution in [2.45, 2.75) is 57.0 Å². The Balaban J connectivity index is 1.41. The van der Waals surface area contributed by atoms with Gasteiger partial charge in [0.05, 0.1) is 12.3 Å². The van der Waals surface area contributed by atoms with Crippen LogP contribution in [0.2, 0.25) is 0 Å². The summed E-state index contributed by atoms with van der Waals surface area (Å²) in [5.41, 5.74) is 0. The smallest absolute Gasteiger partial charge is 0.221 e. The highest BCUT2D eigenvalue weighted by Gasteiger charge is 2.25. The summed E-state index contributed by atoms with van der Waals surface area (Å²) in [7, 11) is 1.76. The highest BCUT2D eigenvalue weighted by Crippen LogP contribution is 2.24. The molecule has 3 rings (SSSR count). The topological polar surface area (TPSA) is 81.9 Å². The molecule has 1 atom stereocenters. The third kappa shape index (κ3) is 5.99. The quantitative estimate of drug-likeness (QED) is 0.478. The number of nitrogens with one attached hydrogen (secondary N) is 3. The molecule has 1 amide bonds. The van der Waals surface area contributed by atoms with E-state index in [1.165, 1.54) is 25.7 Å². The Morgan fingerprint density at radius 1 is 1.26 bits per heavy atom. The van der Waals surface area contributed by atoms with E-state index in [1.807, 2.05) is 12.1 Å². The van der Waals surface area contributed by atoms with Gasteiger partial charge in [0, 0.05) is 32.6 Å². The van der Waals surface area contributed by atoms with Crippen LogP contribution in [0.5, 0.6) is 0 Å². The van der Waals surface area contributed by atoms with E-state index in [0.717, 1.165) is 44.2 Å². The molecule has 150 valence electrons. The summed E-state index contributed by atoms with van der Waals surface area (Å²) >= 11 is 0. The van der Waals surface area contributed by atoms with E-state index in [1.54, 1.807) is 13.3 Å². The molecule has 0 spiro atoms. The van der Waals surface area contributed by atoms with Crippen LogP contribution in [0.4, 0.5) is 0 Å². The van der Waals surface area contributed by atoms with E-state index < -0.39 is 0 Å². The molecule has 1 unspecified atom stereocenters. The average molecular weight is 376 g/mol. The van der Waals surface area contributed by atoms with Crippen LogP contribution in [-0.2, 0) is 4.79 Å². The first-order chi connectivity index (χ1) is 13.3. The number of nitrogens with zero attached hydrogens (tertiary/aromatic N) is 2. The van der Waals surface area contributed by atoms with Gasteiger partial charge in [-0.1, -0.05) is 12.8 Å². The minimum Gasteiger partial charge on any atom is -0.468 e. The SMILES string of the molecule is CN=C(NCCC(=O)NC1CCCC1)NCC(c1ccco1)N1CCCC1. The van der Waals surface area contributed by atoms with Crippen molar-refractivity contribution in [3.05, 3.63) is 24.2 Å². The number of carbonyl (C=O) groups excluding carboxylic acids is 1. The number of aliphatic imine (C=N–C) groups is 1. The van der Waals surface area contributed by atoms with Gasteiger partial charge in [-0.05, 0) is 50.9 Å². The van der Waals surface area contributed by atoms with Crippen LogP contribution < -0.4 is 16.0 Å². The summed E-state index contributed by atoms with van der Waals surface area (Å²) in [6, 6.07) is 4.55. The predicted octanol–water partition coefficient (Wildman–Crippen LogP) is 2.03. The second kappa shape index (κ2) is 10.3. The molecule has 1 aromatic heterocycles. The Morgan fingerprint density at radius 3 is 2.70 bits per heavy atom.